The maximum absolute atomic E-state index is 13.1. The average Bonchev–Trinajstić information content (AvgIpc) is 2.20. The van der Waals surface area contributed by atoms with Crippen LogP contribution in [-0.2, 0) is 11.8 Å². The summed E-state index contributed by atoms with van der Waals surface area (Å²) >= 11 is 2.93. The summed E-state index contributed by atoms with van der Waals surface area (Å²) < 4.78 is 38.4. The van der Waals surface area contributed by atoms with E-state index in [1.54, 1.807) is 6.07 Å². The molecule has 0 N–H and O–H groups in total. The summed E-state index contributed by atoms with van der Waals surface area (Å²) in [5.41, 5.74) is -0.679. The van der Waals surface area contributed by atoms with Gasteiger partial charge in [-0.2, -0.15) is 5.26 Å². The lowest BCUT2D eigenvalue weighted by Crippen LogP contribution is -2.05. The lowest BCUT2D eigenvalue weighted by Gasteiger charge is -2.10. The molecule has 0 bridgehead atoms. The van der Waals surface area contributed by atoms with E-state index in [2.05, 4.69) is 20.9 Å². The first-order valence-corrected chi connectivity index (χ1v) is 5.11. The Bertz CT molecular complexity index is 401. The third-order valence-electron chi connectivity index (χ3n) is 1.86. The molecule has 0 unspecified atom stereocenters. The van der Waals surface area contributed by atoms with Gasteiger partial charge in [-0.1, -0.05) is 15.9 Å². The van der Waals surface area contributed by atoms with Crippen LogP contribution >= 0.6 is 15.9 Å². The van der Waals surface area contributed by atoms with Crippen LogP contribution in [0.4, 0.5) is 13.2 Å². The molecule has 0 aliphatic heterocycles. The standard InChI is InChI=1S/C9H6BrF3N2/c10-3-5-6(11)4-15-7(1-2-14)8(5)9(12)13/h4,9H,1,3H2. The molecule has 0 atom stereocenters. The highest BCUT2D eigenvalue weighted by molar-refractivity contribution is 9.08. The summed E-state index contributed by atoms with van der Waals surface area (Å²) in [6.07, 6.45) is -2.22. The molecule has 0 spiro atoms. The summed E-state index contributed by atoms with van der Waals surface area (Å²) in [6, 6.07) is 1.72. The molecule has 0 radical (unpaired) electrons. The zero-order valence-corrected chi connectivity index (χ0v) is 9.06. The van der Waals surface area contributed by atoms with Crippen molar-refractivity contribution in [2.24, 2.45) is 0 Å². The quantitative estimate of drug-likeness (QED) is 0.797. The third-order valence-corrected chi connectivity index (χ3v) is 2.42. The van der Waals surface area contributed by atoms with E-state index < -0.39 is 17.8 Å². The zero-order chi connectivity index (χ0) is 11.4. The van der Waals surface area contributed by atoms with Crippen LogP contribution in [0.2, 0.25) is 0 Å². The maximum atomic E-state index is 13.1. The van der Waals surface area contributed by atoms with E-state index in [4.69, 9.17) is 5.26 Å². The molecular weight excluding hydrogens is 273 g/mol. The van der Waals surface area contributed by atoms with Crippen molar-refractivity contribution in [1.82, 2.24) is 4.98 Å². The van der Waals surface area contributed by atoms with Gasteiger partial charge in [-0.15, -0.1) is 0 Å². The van der Waals surface area contributed by atoms with Gasteiger partial charge in [0.2, 0.25) is 0 Å². The number of aromatic nitrogens is 1. The van der Waals surface area contributed by atoms with Gasteiger partial charge in [-0.3, -0.25) is 4.98 Å². The van der Waals surface area contributed by atoms with Gasteiger partial charge in [-0.05, 0) is 0 Å². The molecule has 1 heterocycles. The average molecular weight is 279 g/mol. The Morgan fingerprint density at radius 2 is 2.20 bits per heavy atom. The smallest absolute Gasteiger partial charge is 0.257 e. The second kappa shape index (κ2) is 5.12. The summed E-state index contributed by atoms with van der Waals surface area (Å²) in [7, 11) is 0. The van der Waals surface area contributed by atoms with Crippen LogP contribution in [0.3, 0.4) is 0 Å². The Labute approximate surface area is 92.9 Å². The number of rotatable bonds is 3. The topological polar surface area (TPSA) is 36.7 Å². The molecule has 0 aromatic carbocycles. The Hall–Kier alpha value is -1.09. The summed E-state index contributed by atoms with van der Waals surface area (Å²) in [6.45, 7) is 0. The molecule has 0 saturated carbocycles. The molecule has 1 aromatic heterocycles. The van der Waals surface area contributed by atoms with Crippen LogP contribution in [0.25, 0.3) is 0 Å². The Morgan fingerprint density at radius 1 is 1.53 bits per heavy atom. The van der Waals surface area contributed by atoms with Crippen molar-refractivity contribution in [2.75, 3.05) is 0 Å². The predicted octanol–water partition coefficient (Wildman–Crippen LogP) is 3.12. The number of halogens is 4. The van der Waals surface area contributed by atoms with Crippen molar-refractivity contribution in [1.29, 1.82) is 5.26 Å². The van der Waals surface area contributed by atoms with Gasteiger partial charge in [0.1, 0.15) is 5.82 Å². The van der Waals surface area contributed by atoms with Crippen molar-refractivity contribution < 1.29 is 13.2 Å². The number of nitriles is 1. The second-order valence-corrected chi connectivity index (χ2v) is 3.28. The fourth-order valence-corrected chi connectivity index (χ4v) is 1.76. The van der Waals surface area contributed by atoms with Crippen molar-refractivity contribution in [3.8, 4) is 6.07 Å². The Balaban J connectivity index is 3.36. The summed E-state index contributed by atoms with van der Waals surface area (Å²) in [5.74, 6) is -0.788. The largest absolute Gasteiger partial charge is 0.266 e. The first kappa shape index (κ1) is 12.0. The fourth-order valence-electron chi connectivity index (χ4n) is 1.19. The van der Waals surface area contributed by atoms with Crippen LogP contribution in [0.1, 0.15) is 23.2 Å². The minimum atomic E-state index is -2.83. The highest BCUT2D eigenvalue weighted by atomic mass is 79.9. The first-order valence-electron chi connectivity index (χ1n) is 3.99. The van der Waals surface area contributed by atoms with Gasteiger partial charge < -0.3 is 0 Å². The minimum absolute atomic E-state index is 0.0283. The number of hydrogen-bond acceptors (Lipinski definition) is 2. The van der Waals surface area contributed by atoms with Crippen LogP contribution in [0.15, 0.2) is 6.20 Å². The van der Waals surface area contributed by atoms with Crippen LogP contribution < -0.4 is 0 Å². The van der Waals surface area contributed by atoms with Gasteiger partial charge in [0.15, 0.2) is 0 Å². The normalized spacial score (nSPS) is 10.4. The molecule has 2 nitrogen and oxygen atoms in total. The zero-order valence-electron chi connectivity index (χ0n) is 7.48. The maximum Gasteiger partial charge on any atom is 0.266 e. The molecule has 1 rings (SSSR count). The van der Waals surface area contributed by atoms with E-state index in [1.165, 1.54) is 0 Å². The molecule has 0 amide bonds. The highest BCUT2D eigenvalue weighted by Crippen LogP contribution is 2.29. The molecule has 6 heteroatoms. The summed E-state index contributed by atoms with van der Waals surface area (Å²) in [4.78, 5) is 3.50. The SMILES string of the molecule is N#CCc1ncc(F)c(CBr)c1C(F)F. The highest BCUT2D eigenvalue weighted by Gasteiger charge is 2.21. The molecular formula is C9H6BrF3N2. The van der Waals surface area contributed by atoms with Crippen molar-refractivity contribution in [2.45, 2.75) is 18.2 Å². The monoisotopic (exact) mass is 278 g/mol. The first-order chi connectivity index (χ1) is 7.11. The number of alkyl halides is 3. The molecule has 0 saturated heterocycles. The van der Waals surface area contributed by atoms with Crippen LogP contribution in [0, 0.1) is 17.1 Å². The van der Waals surface area contributed by atoms with Crippen molar-refractivity contribution >= 4 is 15.9 Å². The van der Waals surface area contributed by atoms with Gasteiger partial charge in [0, 0.05) is 16.5 Å². The molecule has 0 aliphatic carbocycles. The van der Waals surface area contributed by atoms with Gasteiger partial charge in [-0.25, -0.2) is 13.2 Å². The van der Waals surface area contributed by atoms with Crippen LogP contribution in [-0.4, -0.2) is 4.98 Å². The van der Waals surface area contributed by atoms with Crippen molar-refractivity contribution in [3.05, 3.63) is 28.8 Å². The van der Waals surface area contributed by atoms with Gasteiger partial charge in [0.25, 0.3) is 6.43 Å². The van der Waals surface area contributed by atoms with Crippen molar-refractivity contribution in [3.63, 3.8) is 0 Å². The second-order valence-electron chi connectivity index (χ2n) is 2.71. The Morgan fingerprint density at radius 3 is 2.67 bits per heavy atom. The molecule has 1 aromatic rings. The van der Waals surface area contributed by atoms with Gasteiger partial charge >= 0.3 is 0 Å². The number of pyridine rings is 1. The molecule has 0 fully saturated rings. The fraction of sp³-hybridized carbons (Fsp3) is 0.333. The molecule has 15 heavy (non-hydrogen) atoms. The Kier molecular flexibility index (Phi) is 4.09. The van der Waals surface area contributed by atoms with E-state index in [0.717, 1.165) is 6.20 Å². The number of nitrogens with zero attached hydrogens (tertiary/aromatic N) is 2. The van der Waals surface area contributed by atoms with E-state index in [0.29, 0.717) is 0 Å². The third kappa shape index (κ3) is 2.48. The van der Waals surface area contributed by atoms with Gasteiger partial charge in [0.05, 0.1) is 24.4 Å². The van der Waals surface area contributed by atoms with E-state index >= 15 is 0 Å². The lowest BCUT2D eigenvalue weighted by atomic mass is 10.1. The van der Waals surface area contributed by atoms with E-state index in [1.807, 2.05) is 0 Å². The molecule has 0 aliphatic rings. The molecule has 80 valence electrons. The minimum Gasteiger partial charge on any atom is -0.257 e. The number of hydrogen-bond donors (Lipinski definition) is 0. The van der Waals surface area contributed by atoms with E-state index in [9.17, 15) is 13.2 Å². The lowest BCUT2D eigenvalue weighted by molar-refractivity contribution is 0.148. The predicted molar refractivity (Wildman–Crippen MR) is 51.1 cm³/mol. The van der Waals surface area contributed by atoms with Crippen LogP contribution in [0.5, 0.6) is 0 Å². The van der Waals surface area contributed by atoms with E-state index in [-0.39, 0.29) is 23.0 Å². The summed E-state index contributed by atoms with van der Waals surface area (Å²) in [5, 5.41) is 8.39.